The van der Waals surface area contributed by atoms with E-state index in [1.54, 1.807) is 18.4 Å². The Balaban J connectivity index is 1.74. The van der Waals surface area contributed by atoms with Crippen LogP contribution in [0, 0.1) is 13.8 Å². The van der Waals surface area contributed by atoms with E-state index in [-0.39, 0.29) is 12.4 Å². The molecule has 0 saturated heterocycles. The van der Waals surface area contributed by atoms with Gasteiger partial charge < -0.3 is 13.7 Å². The van der Waals surface area contributed by atoms with Gasteiger partial charge in [0.1, 0.15) is 11.5 Å². The van der Waals surface area contributed by atoms with Crippen LogP contribution in [0.4, 0.5) is 0 Å². The number of furan rings is 1. The summed E-state index contributed by atoms with van der Waals surface area (Å²) in [6.45, 7) is 4.46. The summed E-state index contributed by atoms with van der Waals surface area (Å²) in [6, 6.07) is 12.8. The summed E-state index contributed by atoms with van der Waals surface area (Å²) < 4.78 is 13.0. The molecule has 0 unspecified atom stereocenters. The number of ketones is 1. The maximum atomic E-state index is 12.5. The number of Topliss-reactive ketones (excluding diaryl/α,β-unsaturated/α-hetero) is 1. The molecule has 0 radical (unpaired) electrons. The van der Waals surface area contributed by atoms with Gasteiger partial charge in [-0.2, -0.15) is 0 Å². The summed E-state index contributed by atoms with van der Waals surface area (Å²) in [4.78, 5) is 12.5. The average Bonchev–Trinajstić information content (AvgIpc) is 3.17. The van der Waals surface area contributed by atoms with Gasteiger partial charge in [0.25, 0.3) is 0 Å². The van der Waals surface area contributed by atoms with E-state index in [9.17, 15) is 4.79 Å². The largest absolute Gasteiger partial charge is 0.484 e. The molecule has 0 bridgehead atoms. The van der Waals surface area contributed by atoms with Crippen molar-refractivity contribution in [1.82, 2.24) is 4.57 Å². The number of benzene rings is 1. The molecule has 2 heterocycles. The molecule has 5 heteroatoms. The molecule has 0 saturated carbocycles. The molecule has 3 rings (SSSR count). The maximum absolute atomic E-state index is 12.5. The van der Waals surface area contributed by atoms with Gasteiger partial charge in [-0.25, -0.2) is 0 Å². The minimum absolute atomic E-state index is 0.0468. The van der Waals surface area contributed by atoms with E-state index in [0.717, 1.165) is 17.1 Å². The lowest BCUT2D eigenvalue weighted by Gasteiger charge is -2.09. The molecule has 124 valence electrons. The predicted molar refractivity (Wildman–Crippen MR) is 93.0 cm³/mol. The number of carbonyl (C=O) groups excluding carboxylic acids is 1. The molecular formula is C19H18ClNO3. The van der Waals surface area contributed by atoms with E-state index in [1.165, 1.54) is 0 Å². The van der Waals surface area contributed by atoms with Gasteiger partial charge in [-0.1, -0.05) is 23.7 Å². The molecule has 24 heavy (non-hydrogen) atoms. The third kappa shape index (κ3) is 3.39. The number of para-hydroxylation sites is 1. The van der Waals surface area contributed by atoms with Crippen LogP contribution in [-0.2, 0) is 6.54 Å². The minimum atomic E-state index is -0.0753. The lowest BCUT2D eigenvalue weighted by molar-refractivity contribution is 0.0921. The fraction of sp³-hybridized carbons (Fsp3) is 0.211. The first-order valence-electron chi connectivity index (χ1n) is 7.66. The van der Waals surface area contributed by atoms with Gasteiger partial charge in [0, 0.05) is 17.0 Å². The number of hydrogen-bond acceptors (Lipinski definition) is 3. The quantitative estimate of drug-likeness (QED) is 0.611. The summed E-state index contributed by atoms with van der Waals surface area (Å²) in [5, 5.41) is 0.494. The maximum Gasteiger partial charge on any atom is 0.202 e. The molecule has 0 N–H and O–H groups in total. The third-order valence-electron chi connectivity index (χ3n) is 3.96. The van der Waals surface area contributed by atoms with Gasteiger partial charge in [-0.3, -0.25) is 4.79 Å². The first-order chi connectivity index (χ1) is 11.6. The number of aromatic nitrogens is 1. The topological polar surface area (TPSA) is 44.4 Å². The molecule has 0 amide bonds. The van der Waals surface area contributed by atoms with Crippen LogP contribution in [0.3, 0.4) is 0 Å². The number of carbonyl (C=O) groups is 1. The van der Waals surface area contributed by atoms with E-state index >= 15 is 0 Å². The highest BCUT2D eigenvalue weighted by atomic mass is 35.5. The molecular weight excluding hydrogens is 326 g/mol. The summed E-state index contributed by atoms with van der Waals surface area (Å²) in [6.07, 6.45) is 1.65. The zero-order valence-corrected chi connectivity index (χ0v) is 14.3. The van der Waals surface area contributed by atoms with Gasteiger partial charge in [0.15, 0.2) is 6.61 Å². The molecule has 4 nitrogen and oxygen atoms in total. The van der Waals surface area contributed by atoms with Crippen LogP contribution in [0.5, 0.6) is 5.75 Å². The molecule has 0 aliphatic carbocycles. The lowest BCUT2D eigenvalue weighted by Crippen LogP contribution is -2.13. The molecule has 0 fully saturated rings. The zero-order chi connectivity index (χ0) is 17.1. The van der Waals surface area contributed by atoms with Crippen molar-refractivity contribution < 1.29 is 13.9 Å². The van der Waals surface area contributed by atoms with Gasteiger partial charge in [-0.05, 0) is 44.2 Å². The standard InChI is InChI=1S/C19H18ClNO3/c1-13-10-16(14(2)21(13)11-15-6-5-9-23-15)18(22)12-24-19-8-4-3-7-17(19)20/h3-10H,11-12H2,1-2H3. The van der Waals surface area contributed by atoms with Crippen molar-refractivity contribution in [2.75, 3.05) is 6.61 Å². The summed E-state index contributed by atoms with van der Waals surface area (Å²) in [5.41, 5.74) is 2.56. The van der Waals surface area contributed by atoms with Crippen molar-refractivity contribution in [3.63, 3.8) is 0 Å². The van der Waals surface area contributed by atoms with Crippen LogP contribution in [0.2, 0.25) is 5.02 Å². The second-order valence-electron chi connectivity index (χ2n) is 5.59. The molecule has 0 atom stereocenters. The highest BCUT2D eigenvalue weighted by molar-refractivity contribution is 6.32. The van der Waals surface area contributed by atoms with E-state index in [1.807, 2.05) is 44.2 Å². The molecule has 2 aromatic heterocycles. The van der Waals surface area contributed by atoms with Crippen LogP contribution in [0.15, 0.2) is 53.1 Å². The van der Waals surface area contributed by atoms with Crippen LogP contribution in [-0.4, -0.2) is 17.0 Å². The van der Waals surface area contributed by atoms with E-state index in [0.29, 0.717) is 22.9 Å². The zero-order valence-electron chi connectivity index (χ0n) is 13.6. The number of aryl methyl sites for hydroxylation is 1. The Labute approximate surface area is 145 Å². The Morgan fingerprint density at radius 1 is 1.21 bits per heavy atom. The van der Waals surface area contributed by atoms with Crippen molar-refractivity contribution in [2.24, 2.45) is 0 Å². The van der Waals surface area contributed by atoms with Gasteiger partial charge in [0.05, 0.1) is 17.8 Å². The molecule has 0 spiro atoms. The van der Waals surface area contributed by atoms with Crippen LogP contribution >= 0.6 is 11.6 Å². The van der Waals surface area contributed by atoms with Crippen molar-refractivity contribution in [3.8, 4) is 5.75 Å². The highest BCUT2D eigenvalue weighted by Crippen LogP contribution is 2.24. The summed E-state index contributed by atoms with van der Waals surface area (Å²) in [7, 11) is 0. The van der Waals surface area contributed by atoms with E-state index in [4.69, 9.17) is 20.8 Å². The monoisotopic (exact) mass is 343 g/mol. The first kappa shape index (κ1) is 16.4. The molecule has 3 aromatic rings. The second-order valence-corrected chi connectivity index (χ2v) is 6.00. The fourth-order valence-corrected chi connectivity index (χ4v) is 2.86. The third-order valence-corrected chi connectivity index (χ3v) is 4.28. The number of ether oxygens (including phenoxy) is 1. The first-order valence-corrected chi connectivity index (χ1v) is 8.03. The fourth-order valence-electron chi connectivity index (χ4n) is 2.67. The summed E-state index contributed by atoms with van der Waals surface area (Å²) >= 11 is 6.04. The van der Waals surface area contributed by atoms with Crippen molar-refractivity contribution in [2.45, 2.75) is 20.4 Å². The van der Waals surface area contributed by atoms with Crippen LogP contribution in [0.1, 0.15) is 27.5 Å². The predicted octanol–water partition coefficient (Wildman–Crippen LogP) is 4.66. The number of rotatable bonds is 6. The van der Waals surface area contributed by atoms with Crippen LogP contribution in [0.25, 0.3) is 0 Å². The van der Waals surface area contributed by atoms with Crippen molar-refractivity contribution in [1.29, 1.82) is 0 Å². The number of hydrogen-bond donors (Lipinski definition) is 0. The van der Waals surface area contributed by atoms with E-state index in [2.05, 4.69) is 4.57 Å². The number of nitrogens with zero attached hydrogens (tertiary/aromatic N) is 1. The molecule has 0 aliphatic heterocycles. The average molecular weight is 344 g/mol. The van der Waals surface area contributed by atoms with Gasteiger partial charge in [-0.15, -0.1) is 0 Å². The Morgan fingerprint density at radius 2 is 2.00 bits per heavy atom. The SMILES string of the molecule is Cc1cc(C(=O)COc2ccccc2Cl)c(C)n1Cc1ccco1. The van der Waals surface area contributed by atoms with Crippen LogP contribution < -0.4 is 4.74 Å². The molecule has 0 aliphatic rings. The second kappa shape index (κ2) is 6.97. The Kier molecular flexibility index (Phi) is 4.76. The highest BCUT2D eigenvalue weighted by Gasteiger charge is 2.17. The lowest BCUT2D eigenvalue weighted by atomic mass is 10.1. The minimum Gasteiger partial charge on any atom is -0.484 e. The van der Waals surface area contributed by atoms with Gasteiger partial charge >= 0.3 is 0 Å². The molecule has 1 aromatic carbocycles. The Hall–Kier alpha value is -2.46. The van der Waals surface area contributed by atoms with Crippen molar-refractivity contribution in [3.05, 3.63) is 76.5 Å². The van der Waals surface area contributed by atoms with Crippen molar-refractivity contribution >= 4 is 17.4 Å². The van der Waals surface area contributed by atoms with E-state index < -0.39 is 0 Å². The normalized spacial score (nSPS) is 10.8. The van der Waals surface area contributed by atoms with Gasteiger partial charge in [0.2, 0.25) is 5.78 Å². The number of halogens is 1. The Morgan fingerprint density at radius 3 is 2.71 bits per heavy atom. The summed E-state index contributed by atoms with van der Waals surface area (Å²) in [5.74, 6) is 1.29. The Bertz CT molecular complexity index is 850. The smallest absolute Gasteiger partial charge is 0.202 e.